The van der Waals surface area contributed by atoms with Crippen LogP contribution < -0.4 is 10.9 Å². The number of aromatic nitrogens is 2. The Morgan fingerprint density at radius 1 is 1.59 bits per heavy atom. The monoisotopic (exact) mass is 369 g/mol. The number of halogens is 2. The largest absolute Gasteiger partial charge is 0.350 e. The second-order valence-corrected chi connectivity index (χ2v) is 6.02. The van der Waals surface area contributed by atoms with E-state index in [4.69, 9.17) is 11.6 Å². The summed E-state index contributed by atoms with van der Waals surface area (Å²) in [5.41, 5.74) is -0.636. The van der Waals surface area contributed by atoms with Gasteiger partial charge in [0.15, 0.2) is 0 Å². The summed E-state index contributed by atoms with van der Waals surface area (Å²) in [6, 6.07) is 0. The second kappa shape index (κ2) is 5.34. The molecule has 94 valence electrons. The molecule has 0 saturated heterocycles. The van der Waals surface area contributed by atoms with Crippen molar-refractivity contribution in [3.05, 3.63) is 25.4 Å². The van der Waals surface area contributed by atoms with E-state index in [1.54, 1.807) is 0 Å². The molecule has 0 saturated carbocycles. The van der Waals surface area contributed by atoms with Gasteiger partial charge >= 0.3 is 0 Å². The predicted octanol–water partition coefficient (Wildman–Crippen LogP) is 1.42. The van der Waals surface area contributed by atoms with Crippen molar-refractivity contribution in [3.63, 3.8) is 0 Å². The highest BCUT2D eigenvalue weighted by molar-refractivity contribution is 14.1. The topological polar surface area (TPSA) is 64.0 Å². The molecule has 1 rings (SSSR count). The van der Waals surface area contributed by atoms with Gasteiger partial charge in [-0.25, -0.2) is 4.98 Å². The Bertz CT molecular complexity index is 493. The third-order valence-electron chi connectivity index (χ3n) is 1.77. The minimum Gasteiger partial charge on any atom is -0.350 e. The van der Waals surface area contributed by atoms with Crippen molar-refractivity contribution in [3.8, 4) is 0 Å². The molecule has 1 aromatic heterocycles. The van der Waals surface area contributed by atoms with E-state index in [1.165, 1.54) is 10.9 Å². The lowest BCUT2D eigenvalue weighted by Gasteiger charge is -2.20. The van der Waals surface area contributed by atoms with Gasteiger partial charge in [-0.3, -0.25) is 14.2 Å². The van der Waals surface area contributed by atoms with Gasteiger partial charge in [0, 0.05) is 5.54 Å². The predicted molar refractivity (Wildman–Crippen MR) is 74.1 cm³/mol. The van der Waals surface area contributed by atoms with Crippen LogP contribution in [0.2, 0.25) is 5.15 Å². The highest BCUT2D eigenvalue weighted by Crippen LogP contribution is 2.09. The van der Waals surface area contributed by atoms with Crippen LogP contribution in [0.4, 0.5) is 0 Å². The first-order valence-electron chi connectivity index (χ1n) is 4.92. The SMILES string of the molecule is CC(C)(C)NC(=O)Cn1cnc(Cl)c(I)c1=O. The number of hydrogen-bond donors (Lipinski definition) is 1. The quantitative estimate of drug-likeness (QED) is 0.633. The second-order valence-electron chi connectivity index (χ2n) is 4.58. The average molecular weight is 370 g/mol. The Hall–Kier alpha value is -0.630. The smallest absolute Gasteiger partial charge is 0.268 e. The standard InChI is InChI=1S/C10H13ClIN3O2/c1-10(2,3)14-6(16)4-15-5-13-8(11)7(12)9(15)17/h5H,4H2,1-3H3,(H,14,16). The molecule has 0 bridgehead atoms. The number of nitrogens with zero attached hydrogens (tertiary/aromatic N) is 2. The van der Waals surface area contributed by atoms with Crippen molar-refractivity contribution in [1.29, 1.82) is 0 Å². The van der Waals surface area contributed by atoms with E-state index < -0.39 is 0 Å². The van der Waals surface area contributed by atoms with E-state index in [1.807, 2.05) is 43.4 Å². The lowest BCUT2D eigenvalue weighted by atomic mass is 10.1. The summed E-state index contributed by atoms with van der Waals surface area (Å²) < 4.78 is 1.55. The van der Waals surface area contributed by atoms with Crippen molar-refractivity contribution in [2.75, 3.05) is 0 Å². The van der Waals surface area contributed by atoms with E-state index in [9.17, 15) is 9.59 Å². The number of amides is 1. The molecule has 0 atom stereocenters. The minimum absolute atomic E-state index is 0.0593. The molecule has 0 aliphatic heterocycles. The molecule has 17 heavy (non-hydrogen) atoms. The van der Waals surface area contributed by atoms with Crippen LogP contribution in [0.15, 0.2) is 11.1 Å². The summed E-state index contributed by atoms with van der Waals surface area (Å²) in [6.45, 7) is 5.56. The van der Waals surface area contributed by atoms with Crippen molar-refractivity contribution in [2.45, 2.75) is 32.9 Å². The molecule has 0 radical (unpaired) electrons. The Labute approximate surface area is 118 Å². The van der Waals surface area contributed by atoms with Crippen molar-refractivity contribution in [1.82, 2.24) is 14.9 Å². The highest BCUT2D eigenvalue weighted by Gasteiger charge is 2.15. The van der Waals surface area contributed by atoms with Gasteiger partial charge in [0.2, 0.25) is 5.91 Å². The molecule has 0 fully saturated rings. The third kappa shape index (κ3) is 4.27. The summed E-state index contributed by atoms with van der Waals surface area (Å²) in [6.07, 6.45) is 1.27. The van der Waals surface area contributed by atoms with E-state index in [-0.39, 0.29) is 28.7 Å². The van der Waals surface area contributed by atoms with Crippen LogP contribution in [-0.2, 0) is 11.3 Å². The molecule has 5 nitrogen and oxygen atoms in total. The molecule has 0 aromatic carbocycles. The van der Waals surface area contributed by atoms with Crippen LogP contribution >= 0.6 is 34.2 Å². The molecule has 1 heterocycles. The van der Waals surface area contributed by atoms with Gasteiger partial charge in [0.05, 0.1) is 6.33 Å². The van der Waals surface area contributed by atoms with Crippen LogP contribution in [0.3, 0.4) is 0 Å². The van der Waals surface area contributed by atoms with Crippen molar-refractivity contribution in [2.24, 2.45) is 0 Å². The fourth-order valence-electron chi connectivity index (χ4n) is 1.17. The van der Waals surface area contributed by atoms with E-state index in [0.29, 0.717) is 3.57 Å². The molecule has 7 heteroatoms. The van der Waals surface area contributed by atoms with E-state index >= 15 is 0 Å². The zero-order valence-electron chi connectivity index (χ0n) is 9.75. The van der Waals surface area contributed by atoms with Gasteiger partial charge < -0.3 is 5.32 Å². The number of carbonyl (C=O) groups excluding carboxylic acids is 1. The lowest BCUT2D eigenvalue weighted by Crippen LogP contribution is -2.43. The van der Waals surface area contributed by atoms with Crippen molar-refractivity contribution >= 4 is 40.1 Å². The molecular formula is C10H13ClIN3O2. The molecule has 0 aliphatic carbocycles. The summed E-state index contributed by atoms with van der Waals surface area (Å²) >= 11 is 7.51. The number of hydrogen-bond acceptors (Lipinski definition) is 3. The zero-order valence-corrected chi connectivity index (χ0v) is 12.7. The first kappa shape index (κ1) is 14.4. The van der Waals surface area contributed by atoms with Gasteiger partial charge in [-0.2, -0.15) is 0 Å². The summed E-state index contributed by atoms with van der Waals surface area (Å²) in [5, 5.41) is 2.92. The first-order chi connectivity index (χ1) is 7.70. The molecule has 1 aromatic rings. The maximum absolute atomic E-state index is 11.7. The summed E-state index contributed by atoms with van der Waals surface area (Å²) in [4.78, 5) is 27.2. The van der Waals surface area contributed by atoms with Crippen LogP contribution in [0.1, 0.15) is 20.8 Å². The van der Waals surface area contributed by atoms with Gasteiger partial charge in [0.1, 0.15) is 15.3 Å². The minimum atomic E-state index is -0.326. The van der Waals surface area contributed by atoms with Gasteiger partial charge in [-0.05, 0) is 43.4 Å². The Balaban J connectivity index is 2.87. The van der Waals surface area contributed by atoms with E-state index in [2.05, 4.69) is 10.3 Å². The first-order valence-corrected chi connectivity index (χ1v) is 6.38. The van der Waals surface area contributed by atoms with Crippen LogP contribution in [0.25, 0.3) is 0 Å². The van der Waals surface area contributed by atoms with Gasteiger partial charge in [-0.15, -0.1) is 0 Å². The Morgan fingerprint density at radius 2 is 2.18 bits per heavy atom. The Morgan fingerprint density at radius 3 is 2.71 bits per heavy atom. The fourth-order valence-corrected chi connectivity index (χ4v) is 1.74. The maximum atomic E-state index is 11.7. The number of carbonyl (C=O) groups is 1. The zero-order chi connectivity index (χ0) is 13.2. The normalized spacial score (nSPS) is 11.4. The van der Waals surface area contributed by atoms with Gasteiger partial charge in [0.25, 0.3) is 5.56 Å². The summed E-state index contributed by atoms with van der Waals surface area (Å²) in [5.74, 6) is -0.237. The van der Waals surface area contributed by atoms with E-state index in [0.717, 1.165) is 0 Å². The molecule has 1 N–H and O–H groups in total. The highest BCUT2D eigenvalue weighted by atomic mass is 127. The maximum Gasteiger partial charge on any atom is 0.268 e. The van der Waals surface area contributed by atoms with Crippen LogP contribution in [0.5, 0.6) is 0 Å². The van der Waals surface area contributed by atoms with Crippen molar-refractivity contribution < 1.29 is 4.79 Å². The average Bonchev–Trinajstić information content (AvgIpc) is 2.16. The summed E-state index contributed by atoms with van der Waals surface area (Å²) in [7, 11) is 0. The van der Waals surface area contributed by atoms with Gasteiger partial charge in [-0.1, -0.05) is 11.6 Å². The fraction of sp³-hybridized carbons (Fsp3) is 0.500. The molecule has 0 aliphatic rings. The Kier molecular flexibility index (Phi) is 4.54. The lowest BCUT2D eigenvalue weighted by molar-refractivity contribution is -0.123. The molecular weight excluding hydrogens is 356 g/mol. The molecule has 1 amide bonds. The van der Waals surface area contributed by atoms with Crippen LogP contribution in [-0.4, -0.2) is 21.0 Å². The number of rotatable bonds is 2. The molecule has 0 unspecified atom stereocenters. The number of nitrogens with one attached hydrogen (secondary N) is 1. The van der Waals surface area contributed by atoms with Crippen LogP contribution in [0, 0.1) is 3.57 Å². The molecule has 0 spiro atoms. The third-order valence-corrected chi connectivity index (χ3v) is 3.35.